The molecule has 0 heterocycles. The number of aromatic hydroxyl groups is 1. The molecular formula is C18H14BrIN2O2. The molecule has 2 aromatic carbocycles. The van der Waals surface area contributed by atoms with E-state index in [4.69, 9.17) is 0 Å². The number of phenols is 1. The van der Waals surface area contributed by atoms with Crippen LogP contribution in [0.15, 0.2) is 46.4 Å². The number of hydrogen-bond donors (Lipinski definition) is 2. The third-order valence-corrected chi connectivity index (χ3v) is 4.76. The van der Waals surface area contributed by atoms with Crippen molar-refractivity contribution in [2.45, 2.75) is 13.3 Å². The summed E-state index contributed by atoms with van der Waals surface area (Å²) in [5.74, 6) is -0.340. The van der Waals surface area contributed by atoms with E-state index in [1.54, 1.807) is 12.1 Å². The number of amides is 1. The predicted octanol–water partition coefficient (Wildman–Crippen LogP) is 4.87. The number of aryl methyl sites for hydroxylation is 1. The molecule has 0 radical (unpaired) electrons. The van der Waals surface area contributed by atoms with Gasteiger partial charge in [0.05, 0.1) is 8.04 Å². The van der Waals surface area contributed by atoms with Crippen molar-refractivity contribution >= 4 is 56.2 Å². The summed E-state index contributed by atoms with van der Waals surface area (Å²) in [6.07, 6.45) is 2.41. The van der Waals surface area contributed by atoms with E-state index in [1.165, 1.54) is 11.6 Å². The Hall–Kier alpha value is -1.85. The molecular weight excluding hydrogens is 483 g/mol. The summed E-state index contributed by atoms with van der Waals surface area (Å²) in [6.45, 7) is 2.06. The van der Waals surface area contributed by atoms with Gasteiger partial charge in [-0.2, -0.15) is 5.26 Å². The highest BCUT2D eigenvalue weighted by molar-refractivity contribution is 14.1. The van der Waals surface area contributed by atoms with Crippen molar-refractivity contribution in [3.05, 3.63) is 61.1 Å². The van der Waals surface area contributed by atoms with E-state index in [0.717, 1.165) is 6.42 Å². The zero-order chi connectivity index (χ0) is 17.7. The molecule has 0 atom stereocenters. The van der Waals surface area contributed by atoms with Gasteiger partial charge in [-0.1, -0.05) is 19.1 Å². The molecule has 2 rings (SSSR count). The summed E-state index contributed by atoms with van der Waals surface area (Å²) in [5.41, 5.74) is 2.45. The molecule has 0 unspecified atom stereocenters. The van der Waals surface area contributed by atoms with E-state index in [1.807, 2.05) is 52.9 Å². The third-order valence-electron chi connectivity index (χ3n) is 3.34. The van der Waals surface area contributed by atoms with Gasteiger partial charge in [0.1, 0.15) is 17.4 Å². The number of rotatable bonds is 4. The number of halogens is 2. The van der Waals surface area contributed by atoms with Gasteiger partial charge in [-0.05, 0) is 86.4 Å². The molecule has 6 heteroatoms. The van der Waals surface area contributed by atoms with Crippen LogP contribution < -0.4 is 5.32 Å². The summed E-state index contributed by atoms with van der Waals surface area (Å²) >= 11 is 5.23. The molecule has 2 aromatic rings. The van der Waals surface area contributed by atoms with Gasteiger partial charge in [0.15, 0.2) is 0 Å². The maximum absolute atomic E-state index is 12.3. The van der Waals surface area contributed by atoms with Gasteiger partial charge in [0.25, 0.3) is 5.91 Å². The van der Waals surface area contributed by atoms with E-state index < -0.39 is 5.91 Å². The van der Waals surface area contributed by atoms with Crippen molar-refractivity contribution in [1.29, 1.82) is 5.26 Å². The van der Waals surface area contributed by atoms with Crippen LogP contribution >= 0.6 is 38.5 Å². The van der Waals surface area contributed by atoms with E-state index in [2.05, 4.69) is 28.2 Å². The number of nitriles is 1. The van der Waals surface area contributed by atoms with Crippen molar-refractivity contribution in [3.8, 4) is 11.8 Å². The lowest BCUT2D eigenvalue weighted by Crippen LogP contribution is -2.13. The van der Waals surface area contributed by atoms with Gasteiger partial charge in [-0.3, -0.25) is 4.79 Å². The van der Waals surface area contributed by atoms with E-state index in [-0.39, 0.29) is 11.3 Å². The average Bonchev–Trinajstić information content (AvgIpc) is 2.58. The van der Waals surface area contributed by atoms with Crippen LogP contribution in [-0.2, 0) is 11.2 Å². The van der Waals surface area contributed by atoms with E-state index >= 15 is 0 Å². The molecule has 0 aromatic heterocycles. The minimum absolute atomic E-state index is 0.0112. The number of benzene rings is 2. The maximum Gasteiger partial charge on any atom is 0.266 e. The predicted molar refractivity (Wildman–Crippen MR) is 107 cm³/mol. The molecule has 122 valence electrons. The molecule has 4 nitrogen and oxygen atoms in total. The third kappa shape index (κ3) is 4.58. The monoisotopic (exact) mass is 496 g/mol. The standard InChI is InChI=1S/C18H14BrIN2O2/c1-2-11-3-5-14(6-4-11)22-18(24)13(10-21)7-12-8-15(19)17(23)16(20)9-12/h3-9,23H,2H2,1H3,(H,22,24)/b13-7+. The fraction of sp³-hybridized carbons (Fsp3) is 0.111. The molecule has 0 bridgehead atoms. The van der Waals surface area contributed by atoms with Crippen molar-refractivity contribution in [2.75, 3.05) is 5.32 Å². The number of carbonyl (C=O) groups is 1. The highest BCUT2D eigenvalue weighted by Gasteiger charge is 2.11. The van der Waals surface area contributed by atoms with Crippen molar-refractivity contribution in [1.82, 2.24) is 0 Å². The lowest BCUT2D eigenvalue weighted by molar-refractivity contribution is -0.112. The van der Waals surface area contributed by atoms with Crippen molar-refractivity contribution in [2.24, 2.45) is 0 Å². The van der Waals surface area contributed by atoms with Crippen molar-refractivity contribution < 1.29 is 9.90 Å². The SMILES string of the molecule is CCc1ccc(NC(=O)/C(C#N)=C/c2cc(Br)c(O)c(I)c2)cc1. The molecule has 0 spiro atoms. The summed E-state index contributed by atoms with van der Waals surface area (Å²) in [7, 11) is 0. The minimum atomic E-state index is -0.471. The molecule has 0 aliphatic rings. The highest BCUT2D eigenvalue weighted by atomic mass is 127. The van der Waals surface area contributed by atoms with Gasteiger partial charge in [-0.25, -0.2) is 0 Å². The Morgan fingerprint density at radius 2 is 2.04 bits per heavy atom. The van der Waals surface area contributed by atoms with E-state index in [0.29, 0.717) is 19.3 Å². The molecule has 0 fully saturated rings. The number of nitrogens with one attached hydrogen (secondary N) is 1. The summed E-state index contributed by atoms with van der Waals surface area (Å²) in [5, 5.41) is 21.7. The van der Waals surface area contributed by atoms with Gasteiger partial charge in [0.2, 0.25) is 0 Å². The van der Waals surface area contributed by atoms with Crippen LogP contribution in [0.4, 0.5) is 5.69 Å². The fourth-order valence-corrected chi connectivity index (χ4v) is 3.50. The number of nitrogens with zero attached hydrogens (tertiary/aromatic N) is 1. The van der Waals surface area contributed by atoms with Crippen LogP contribution in [-0.4, -0.2) is 11.0 Å². The van der Waals surface area contributed by atoms with Crippen molar-refractivity contribution in [3.63, 3.8) is 0 Å². The molecule has 0 saturated heterocycles. The van der Waals surface area contributed by atoms with Gasteiger partial charge in [0, 0.05) is 5.69 Å². The summed E-state index contributed by atoms with van der Waals surface area (Å²) in [4.78, 5) is 12.3. The fourth-order valence-electron chi connectivity index (χ4n) is 2.01. The first-order valence-corrected chi connectivity index (χ1v) is 9.02. The average molecular weight is 497 g/mol. The molecule has 1 amide bonds. The lowest BCUT2D eigenvalue weighted by atomic mass is 10.1. The second-order valence-corrected chi connectivity index (χ2v) is 7.02. The first kappa shape index (κ1) is 18.5. The van der Waals surface area contributed by atoms with Crippen LogP contribution in [0.5, 0.6) is 5.75 Å². The topological polar surface area (TPSA) is 73.1 Å². The van der Waals surface area contributed by atoms with Crippen LogP contribution in [0.3, 0.4) is 0 Å². The van der Waals surface area contributed by atoms with Gasteiger partial charge in [-0.15, -0.1) is 0 Å². The number of anilines is 1. The zero-order valence-electron chi connectivity index (χ0n) is 12.8. The largest absolute Gasteiger partial charge is 0.506 e. The second kappa shape index (κ2) is 8.31. The Labute approximate surface area is 162 Å². The molecule has 0 saturated carbocycles. The lowest BCUT2D eigenvalue weighted by Gasteiger charge is -2.06. The Morgan fingerprint density at radius 1 is 1.38 bits per heavy atom. The summed E-state index contributed by atoms with van der Waals surface area (Å²) < 4.78 is 1.13. The Balaban J connectivity index is 2.23. The molecule has 0 aliphatic heterocycles. The van der Waals surface area contributed by atoms with Crippen LogP contribution in [0.2, 0.25) is 0 Å². The first-order chi connectivity index (χ1) is 11.4. The van der Waals surface area contributed by atoms with Crippen LogP contribution in [0, 0.1) is 14.9 Å². The highest BCUT2D eigenvalue weighted by Crippen LogP contribution is 2.31. The number of hydrogen-bond acceptors (Lipinski definition) is 3. The Kier molecular flexibility index (Phi) is 6.40. The minimum Gasteiger partial charge on any atom is -0.506 e. The number of phenolic OH excluding ortho intramolecular Hbond substituents is 1. The molecule has 2 N–H and O–H groups in total. The Bertz CT molecular complexity index is 816. The summed E-state index contributed by atoms with van der Waals surface area (Å²) in [6, 6.07) is 12.8. The first-order valence-electron chi connectivity index (χ1n) is 7.14. The van der Waals surface area contributed by atoms with E-state index in [9.17, 15) is 15.2 Å². The number of carbonyl (C=O) groups excluding carboxylic acids is 1. The van der Waals surface area contributed by atoms with Gasteiger partial charge >= 0.3 is 0 Å². The molecule has 24 heavy (non-hydrogen) atoms. The normalized spacial score (nSPS) is 11.0. The van der Waals surface area contributed by atoms with Gasteiger partial charge < -0.3 is 10.4 Å². The quantitative estimate of drug-likeness (QED) is 0.360. The Morgan fingerprint density at radius 3 is 2.58 bits per heavy atom. The van der Waals surface area contributed by atoms with Crippen LogP contribution in [0.25, 0.3) is 6.08 Å². The maximum atomic E-state index is 12.3. The smallest absolute Gasteiger partial charge is 0.266 e. The zero-order valence-corrected chi connectivity index (χ0v) is 16.6. The van der Waals surface area contributed by atoms with Crippen LogP contribution in [0.1, 0.15) is 18.1 Å². The molecule has 0 aliphatic carbocycles. The second-order valence-electron chi connectivity index (χ2n) is 5.01.